The van der Waals surface area contributed by atoms with Gasteiger partial charge in [-0.1, -0.05) is 13.8 Å². The maximum absolute atomic E-state index is 13.4. The molecule has 1 unspecified atom stereocenters. The Morgan fingerprint density at radius 2 is 1.74 bits per heavy atom. The molecule has 0 aromatic rings. The number of rotatable bonds is 5. The van der Waals surface area contributed by atoms with Crippen LogP contribution in [-0.2, 0) is 14.6 Å². The van der Waals surface area contributed by atoms with E-state index in [1.54, 1.807) is 26.8 Å². The molecular weight excluding hydrogens is 452 g/mol. The third-order valence-electron chi connectivity index (χ3n) is 10.9. The summed E-state index contributed by atoms with van der Waals surface area (Å²) >= 11 is 0. The van der Waals surface area contributed by atoms with E-state index in [2.05, 4.69) is 0 Å². The van der Waals surface area contributed by atoms with Crippen LogP contribution in [0.1, 0.15) is 86.0 Å². The van der Waals surface area contributed by atoms with Gasteiger partial charge in [0.1, 0.15) is 6.10 Å². The average molecular weight is 495 g/mol. The summed E-state index contributed by atoms with van der Waals surface area (Å²) in [5, 5.41) is 55.7. The molecule has 5 N–H and O–H groups in total. The van der Waals surface area contributed by atoms with Crippen LogP contribution in [0.5, 0.6) is 0 Å². The fourth-order valence-corrected chi connectivity index (χ4v) is 8.51. The van der Waals surface area contributed by atoms with Crippen LogP contribution >= 0.6 is 0 Å². The van der Waals surface area contributed by atoms with Gasteiger partial charge < -0.3 is 25.5 Å². The average Bonchev–Trinajstić information content (AvgIpc) is 3.46. The van der Waals surface area contributed by atoms with E-state index < -0.39 is 45.6 Å². The smallest absolute Gasteiger partial charge is 0.260 e. The van der Waals surface area contributed by atoms with Gasteiger partial charge in [-0.15, -0.1) is 0 Å². The van der Waals surface area contributed by atoms with Gasteiger partial charge in [0.05, 0.1) is 22.9 Å². The molecular formula is C27H42O8. The molecule has 0 bridgehead atoms. The van der Waals surface area contributed by atoms with Gasteiger partial charge in [-0.2, -0.15) is 9.78 Å². The molecule has 198 valence electrons. The molecule has 9 atom stereocenters. The van der Waals surface area contributed by atoms with Crippen LogP contribution in [-0.4, -0.2) is 66.1 Å². The zero-order chi connectivity index (χ0) is 25.8. The number of hydrogen-bond acceptors (Lipinski definition) is 8. The molecule has 4 fully saturated rings. The molecule has 1 aliphatic heterocycles. The van der Waals surface area contributed by atoms with E-state index in [-0.39, 0.29) is 30.0 Å². The second kappa shape index (κ2) is 7.59. The van der Waals surface area contributed by atoms with Crippen molar-refractivity contribution in [2.75, 3.05) is 0 Å². The lowest BCUT2D eigenvalue weighted by molar-refractivity contribution is -0.175. The highest BCUT2D eigenvalue weighted by atomic mass is 17.4. The number of aliphatic hydroxyl groups excluding tert-OH is 2. The second-order valence-corrected chi connectivity index (χ2v) is 13.5. The van der Waals surface area contributed by atoms with Crippen molar-refractivity contribution in [1.82, 2.24) is 0 Å². The zero-order valence-corrected chi connectivity index (χ0v) is 21.6. The number of allylic oxidation sites excluding steroid dienone is 1. The van der Waals surface area contributed by atoms with Gasteiger partial charge in [-0.3, -0.25) is 4.79 Å². The first-order chi connectivity index (χ1) is 16.0. The largest absolute Gasteiger partial charge is 0.390 e. The lowest BCUT2D eigenvalue weighted by atomic mass is 9.45. The summed E-state index contributed by atoms with van der Waals surface area (Å²) in [5.41, 5.74) is -4.22. The molecule has 5 aliphatic rings. The highest BCUT2D eigenvalue weighted by Crippen LogP contribution is 2.69. The van der Waals surface area contributed by atoms with Gasteiger partial charge in [0, 0.05) is 17.8 Å². The summed E-state index contributed by atoms with van der Waals surface area (Å²) in [7, 11) is 0. The van der Waals surface area contributed by atoms with Gasteiger partial charge in [-0.05, 0) is 94.6 Å². The van der Waals surface area contributed by atoms with Gasteiger partial charge >= 0.3 is 0 Å². The Balaban J connectivity index is 1.46. The Bertz CT molecular complexity index is 932. The summed E-state index contributed by atoms with van der Waals surface area (Å²) < 4.78 is 0. The maximum Gasteiger partial charge on any atom is 0.260 e. The van der Waals surface area contributed by atoms with E-state index in [0.29, 0.717) is 38.5 Å². The molecule has 3 saturated carbocycles. The molecule has 1 heterocycles. The van der Waals surface area contributed by atoms with Crippen molar-refractivity contribution in [2.24, 2.45) is 28.6 Å². The van der Waals surface area contributed by atoms with Gasteiger partial charge in [0.15, 0.2) is 5.78 Å². The van der Waals surface area contributed by atoms with Crippen molar-refractivity contribution in [3.8, 4) is 0 Å². The SMILES string of the molecule is CC(C)(O)CCC(O)[C@](C)(O)[C@H]1CC[C@@]2(O)C3=CC(=O)[C@@H]4CC5(OO5)[C@@H](O)C[C@]4(C)[C@H]3CC[C@]12C. The minimum atomic E-state index is -1.46. The molecule has 8 heteroatoms. The topological polar surface area (TPSA) is 143 Å². The summed E-state index contributed by atoms with van der Waals surface area (Å²) in [6.07, 6.45) is 3.27. The molecule has 1 spiro atoms. The third-order valence-corrected chi connectivity index (χ3v) is 10.9. The predicted octanol–water partition coefficient (Wildman–Crippen LogP) is 2.15. The maximum atomic E-state index is 13.4. The number of aliphatic hydroxyl groups is 5. The first-order valence-corrected chi connectivity index (χ1v) is 13.2. The van der Waals surface area contributed by atoms with Crippen molar-refractivity contribution in [3.05, 3.63) is 11.6 Å². The van der Waals surface area contributed by atoms with Gasteiger partial charge in [-0.25, -0.2) is 0 Å². The van der Waals surface area contributed by atoms with Crippen molar-refractivity contribution < 1.29 is 40.1 Å². The van der Waals surface area contributed by atoms with Crippen LogP contribution < -0.4 is 0 Å². The predicted molar refractivity (Wildman–Crippen MR) is 125 cm³/mol. The fourth-order valence-electron chi connectivity index (χ4n) is 8.51. The zero-order valence-electron chi connectivity index (χ0n) is 21.6. The Labute approximate surface area is 207 Å². The Morgan fingerprint density at radius 1 is 1.09 bits per heavy atom. The van der Waals surface area contributed by atoms with Crippen LogP contribution in [0.15, 0.2) is 11.6 Å². The number of fused-ring (bicyclic) bond motifs is 5. The molecule has 1 saturated heterocycles. The molecule has 0 radical (unpaired) electrons. The Morgan fingerprint density at radius 3 is 2.34 bits per heavy atom. The van der Waals surface area contributed by atoms with E-state index in [1.165, 1.54) is 0 Å². The minimum Gasteiger partial charge on any atom is -0.390 e. The van der Waals surface area contributed by atoms with E-state index in [1.807, 2.05) is 13.8 Å². The van der Waals surface area contributed by atoms with E-state index in [0.717, 1.165) is 12.0 Å². The second-order valence-electron chi connectivity index (χ2n) is 13.5. The summed E-state index contributed by atoms with van der Waals surface area (Å²) in [6.45, 7) is 9.02. The number of carbonyl (C=O) groups is 1. The lowest BCUT2D eigenvalue weighted by Crippen LogP contribution is -2.63. The lowest BCUT2D eigenvalue weighted by Gasteiger charge is -2.60. The standard InChI is InChI=1S/C27H42O8/c1-22(2,31)9-8-20(29)25(5,32)19-7-11-26(33)16-12-18(28)17-13-27(34-35-27)21(30)14-23(17,3)15(16)6-10-24(19,26)4/h12,15,17,19-21,29-33H,6-11,13-14H2,1-5H3/t15-,17-,19-,20?,21-,23+,24+,25+,26+/m0/s1. The molecule has 0 aromatic heterocycles. The molecule has 8 nitrogen and oxygen atoms in total. The van der Waals surface area contributed by atoms with Crippen molar-refractivity contribution in [2.45, 2.75) is 121 Å². The summed E-state index contributed by atoms with van der Waals surface area (Å²) in [6, 6.07) is 0. The molecule has 35 heavy (non-hydrogen) atoms. The van der Waals surface area contributed by atoms with Crippen LogP contribution in [0.25, 0.3) is 0 Å². The molecule has 4 aliphatic carbocycles. The highest BCUT2D eigenvalue weighted by molar-refractivity contribution is 5.95. The first kappa shape index (κ1) is 25.8. The number of ketones is 1. The summed E-state index contributed by atoms with van der Waals surface area (Å²) in [5.74, 6) is -1.94. The molecule has 0 amide bonds. The van der Waals surface area contributed by atoms with Crippen molar-refractivity contribution >= 4 is 5.78 Å². The van der Waals surface area contributed by atoms with Gasteiger partial charge in [0.2, 0.25) is 0 Å². The normalized spacial score (nSPS) is 46.8. The van der Waals surface area contributed by atoms with E-state index in [9.17, 15) is 30.3 Å². The number of carbonyl (C=O) groups excluding carboxylic acids is 1. The monoisotopic (exact) mass is 494 g/mol. The van der Waals surface area contributed by atoms with Crippen LogP contribution in [0.2, 0.25) is 0 Å². The van der Waals surface area contributed by atoms with Crippen LogP contribution in [0.3, 0.4) is 0 Å². The quantitative estimate of drug-likeness (QED) is 0.289. The number of hydrogen-bond donors (Lipinski definition) is 5. The third kappa shape index (κ3) is 3.55. The van der Waals surface area contributed by atoms with Crippen molar-refractivity contribution in [3.63, 3.8) is 0 Å². The van der Waals surface area contributed by atoms with E-state index in [4.69, 9.17) is 9.78 Å². The van der Waals surface area contributed by atoms with Crippen molar-refractivity contribution in [1.29, 1.82) is 0 Å². The van der Waals surface area contributed by atoms with Crippen LogP contribution in [0, 0.1) is 28.6 Å². The summed E-state index contributed by atoms with van der Waals surface area (Å²) in [4.78, 5) is 23.6. The fraction of sp³-hybridized carbons (Fsp3) is 0.889. The Hall–Kier alpha value is -0.870. The molecule has 5 rings (SSSR count). The van der Waals surface area contributed by atoms with Gasteiger partial charge in [0.25, 0.3) is 5.79 Å². The Kier molecular flexibility index (Phi) is 5.59. The molecule has 0 aromatic carbocycles. The van der Waals surface area contributed by atoms with Crippen LogP contribution in [0.4, 0.5) is 0 Å². The highest BCUT2D eigenvalue weighted by Gasteiger charge is 2.72. The minimum absolute atomic E-state index is 0.0674. The van der Waals surface area contributed by atoms with E-state index >= 15 is 0 Å². The first-order valence-electron chi connectivity index (χ1n) is 13.2.